The number of carbonyl (C=O) groups excluding carboxylic acids is 1. The molecule has 8 heteroatoms. The second-order valence-electron chi connectivity index (χ2n) is 6.92. The number of amides is 2. The lowest BCUT2D eigenvalue weighted by Crippen LogP contribution is -2.24. The lowest BCUT2D eigenvalue weighted by Gasteiger charge is -2.14. The van der Waals surface area contributed by atoms with Crippen LogP contribution in [0.15, 0.2) is 46.0 Å². The lowest BCUT2D eigenvalue weighted by molar-refractivity contribution is 0.210. The molecule has 0 atom stereocenters. The predicted molar refractivity (Wildman–Crippen MR) is 126 cm³/mol. The van der Waals surface area contributed by atoms with Gasteiger partial charge in [0.2, 0.25) is 0 Å². The molecule has 0 heterocycles. The molecular weight excluding hydrogens is 462 g/mol. The molecule has 0 unspecified atom stereocenters. The molecule has 0 fully saturated rings. The molecule has 0 aliphatic rings. The maximum absolute atomic E-state index is 10.7. The summed E-state index contributed by atoms with van der Waals surface area (Å²) in [6, 6.07) is 11.0. The number of carbonyl (C=O) groups is 1. The molecular formula is C23H30BrN3O4. The minimum Gasteiger partial charge on any atom is -0.493 e. The number of nitrogens with zero attached hydrogens (tertiary/aromatic N) is 1. The summed E-state index contributed by atoms with van der Waals surface area (Å²) in [5.74, 6) is 1.91. The van der Waals surface area contributed by atoms with Crippen molar-refractivity contribution in [1.29, 1.82) is 0 Å². The summed E-state index contributed by atoms with van der Waals surface area (Å²) in [5.41, 5.74) is 9.17. The molecule has 0 spiro atoms. The number of hydrazone groups is 1. The highest BCUT2D eigenvalue weighted by atomic mass is 79.9. The Hall–Kier alpha value is -2.74. The predicted octanol–water partition coefficient (Wildman–Crippen LogP) is 5.04. The van der Waals surface area contributed by atoms with E-state index in [9.17, 15) is 4.79 Å². The monoisotopic (exact) mass is 491 g/mol. The maximum atomic E-state index is 10.7. The van der Waals surface area contributed by atoms with Gasteiger partial charge in [0.15, 0.2) is 11.5 Å². The van der Waals surface area contributed by atoms with E-state index in [1.807, 2.05) is 12.1 Å². The Bertz CT molecular complexity index is 857. The van der Waals surface area contributed by atoms with Crippen LogP contribution in [0.1, 0.15) is 43.7 Å². The number of methoxy groups -OCH3 is 1. The zero-order chi connectivity index (χ0) is 22.5. The number of unbranched alkanes of at least 4 members (excludes halogenated alkanes) is 3. The Kier molecular flexibility index (Phi) is 10.7. The molecule has 0 bridgehead atoms. The normalized spacial score (nSPS) is 10.8. The second kappa shape index (κ2) is 13.5. The van der Waals surface area contributed by atoms with Crippen LogP contribution in [0.25, 0.3) is 0 Å². The van der Waals surface area contributed by atoms with Gasteiger partial charge in [-0.05, 0) is 64.2 Å². The van der Waals surface area contributed by atoms with Crippen molar-refractivity contribution in [3.8, 4) is 17.2 Å². The largest absolute Gasteiger partial charge is 0.493 e. The van der Waals surface area contributed by atoms with Crippen LogP contribution in [0.2, 0.25) is 0 Å². The van der Waals surface area contributed by atoms with E-state index >= 15 is 0 Å². The van der Waals surface area contributed by atoms with Crippen LogP contribution in [-0.2, 0) is 6.42 Å². The van der Waals surface area contributed by atoms with Crippen molar-refractivity contribution in [3.05, 3.63) is 52.0 Å². The van der Waals surface area contributed by atoms with Crippen molar-refractivity contribution in [2.45, 2.75) is 39.0 Å². The highest BCUT2D eigenvalue weighted by Gasteiger charge is 2.11. The van der Waals surface area contributed by atoms with Gasteiger partial charge in [0.05, 0.1) is 17.8 Å². The number of halogens is 1. The number of urea groups is 1. The first kappa shape index (κ1) is 24.5. The highest BCUT2D eigenvalue weighted by Crippen LogP contribution is 2.36. The minimum atomic E-state index is -0.733. The van der Waals surface area contributed by atoms with Crippen LogP contribution >= 0.6 is 15.9 Å². The highest BCUT2D eigenvalue weighted by molar-refractivity contribution is 9.10. The molecule has 3 N–H and O–H groups in total. The first-order valence-electron chi connectivity index (χ1n) is 10.3. The van der Waals surface area contributed by atoms with E-state index in [-0.39, 0.29) is 0 Å². The van der Waals surface area contributed by atoms with Gasteiger partial charge in [-0.25, -0.2) is 10.2 Å². The molecule has 2 amide bonds. The smallest absolute Gasteiger partial charge is 0.332 e. The van der Waals surface area contributed by atoms with Crippen LogP contribution in [-0.4, -0.2) is 32.6 Å². The Morgan fingerprint density at radius 1 is 1.13 bits per heavy atom. The first-order valence-corrected chi connectivity index (χ1v) is 11.1. The Balaban J connectivity index is 1.83. The fourth-order valence-corrected chi connectivity index (χ4v) is 3.51. The van der Waals surface area contributed by atoms with Gasteiger partial charge in [-0.15, -0.1) is 0 Å². The Labute approximate surface area is 192 Å². The van der Waals surface area contributed by atoms with E-state index in [2.05, 4.69) is 45.5 Å². The zero-order valence-corrected chi connectivity index (χ0v) is 19.6. The summed E-state index contributed by atoms with van der Waals surface area (Å²) in [6.45, 7) is 2.97. The summed E-state index contributed by atoms with van der Waals surface area (Å²) >= 11 is 3.48. The van der Waals surface area contributed by atoms with Crippen LogP contribution < -0.4 is 25.4 Å². The molecule has 2 rings (SSSR count). The summed E-state index contributed by atoms with van der Waals surface area (Å²) in [7, 11) is 1.55. The molecule has 7 nitrogen and oxygen atoms in total. The van der Waals surface area contributed by atoms with Gasteiger partial charge in [-0.1, -0.05) is 38.3 Å². The van der Waals surface area contributed by atoms with E-state index in [0.717, 1.165) is 12.2 Å². The Morgan fingerprint density at radius 3 is 2.55 bits per heavy atom. The van der Waals surface area contributed by atoms with Crippen molar-refractivity contribution < 1.29 is 19.0 Å². The van der Waals surface area contributed by atoms with Gasteiger partial charge in [0.1, 0.15) is 19.0 Å². The third kappa shape index (κ3) is 8.88. The molecule has 2 aromatic carbocycles. The van der Waals surface area contributed by atoms with Gasteiger partial charge < -0.3 is 19.9 Å². The SMILES string of the molecule is CCCCCCc1ccc(OCCOc2c(Br)cc(C=NNC(N)=O)cc2OC)cc1. The third-order valence-corrected chi connectivity index (χ3v) is 5.07. The molecule has 31 heavy (non-hydrogen) atoms. The topological polar surface area (TPSA) is 95.2 Å². The average Bonchev–Trinajstić information content (AvgIpc) is 2.75. The van der Waals surface area contributed by atoms with Gasteiger partial charge in [0, 0.05) is 0 Å². The number of aryl methyl sites for hydroxylation is 1. The zero-order valence-electron chi connectivity index (χ0n) is 18.0. The van der Waals surface area contributed by atoms with Crippen molar-refractivity contribution in [2.24, 2.45) is 10.8 Å². The van der Waals surface area contributed by atoms with Crippen molar-refractivity contribution >= 4 is 28.2 Å². The number of primary amides is 1. The van der Waals surface area contributed by atoms with Crippen molar-refractivity contribution in [1.82, 2.24) is 5.43 Å². The van der Waals surface area contributed by atoms with Gasteiger partial charge in [-0.3, -0.25) is 0 Å². The molecule has 2 aromatic rings. The molecule has 0 radical (unpaired) electrons. The van der Waals surface area contributed by atoms with Gasteiger partial charge in [0.25, 0.3) is 0 Å². The number of nitrogens with one attached hydrogen (secondary N) is 1. The molecule has 168 valence electrons. The number of hydrogen-bond acceptors (Lipinski definition) is 5. The van der Waals surface area contributed by atoms with Crippen LogP contribution in [0.4, 0.5) is 4.79 Å². The lowest BCUT2D eigenvalue weighted by atomic mass is 10.1. The van der Waals surface area contributed by atoms with E-state index in [0.29, 0.717) is 34.7 Å². The number of nitrogens with two attached hydrogens (primary N) is 1. The second-order valence-corrected chi connectivity index (χ2v) is 7.77. The van der Waals surface area contributed by atoms with Crippen LogP contribution in [0.5, 0.6) is 17.2 Å². The summed E-state index contributed by atoms with van der Waals surface area (Å²) in [6.07, 6.45) is 7.62. The van der Waals surface area contributed by atoms with Crippen LogP contribution in [0, 0.1) is 0 Å². The number of hydrogen-bond donors (Lipinski definition) is 2. The standard InChI is InChI=1S/C23H30BrN3O4/c1-3-4-5-6-7-17-8-10-19(11-9-17)30-12-13-31-22-20(24)14-18(15-21(22)29-2)16-26-27-23(25)28/h8-11,14-16H,3-7,12-13H2,1-2H3,(H3,25,27,28). The molecule has 0 aliphatic heterocycles. The van der Waals surface area contributed by atoms with Crippen molar-refractivity contribution in [2.75, 3.05) is 20.3 Å². The third-order valence-electron chi connectivity index (χ3n) is 4.48. The number of rotatable bonds is 13. The van der Waals surface area contributed by atoms with E-state index in [4.69, 9.17) is 19.9 Å². The van der Waals surface area contributed by atoms with Gasteiger partial charge in [-0.2, -0.15) is 5.10 Å². The van der Waals surface area contributed by atoms with Gasteiger partial charge >= 0.3 is 6.03 Å². The molecule has 0 saturated heterocycles. The Morgan fingerprint density at radius 2 is 1.87 bits per heavy atom. The maximum Gasteiger partial charge on any atom is 0.332 e. The van der Waals surface area contributed by atoms with E-state index in [1.165, 1.54) is 37.5 Å². The van der Waals surface area contributed by atoms with E-state index < -0.39 is 6.03 Å². The fraction of sp³-hybridized carbons (Fsp3) is 0.391. The molecule has 0 saturated carbocycles. The van der Waals surface area contributed by atoms with Crippen LogP contribution in [0.3, 0.4) is 0 Å². The average molecular weight is 492 g/mol. The summed E-state index contributed by atoms with van der Waals surface area (Å²) < 4.78 is 17.7. The minimum absolute atomic E-state index is 0.352. The van der Waals surface area contributed by atoms with E-state index in [1.54, 1.807) is 19.2 Å². The van der Waals surface area contributed by atoms with Crippen molar-refractivity contribution in [3.63, 3.8) is 0 Å². The fourth-order valence-electron chi connectivity index (χ4n) is 2.94. The quantitative estimate of drug-likeness (QED) is 0.233. The summed E-state index contributed by atoms with van der Waals surface area (Å²) in [5, 5.41) is 3.74. The molecule has 0 aliphatic carbocycles. The first-order chi connectivity index (χ1) is 15.0. The molecule has 0 aromatic heterocycles. The number of ether oxygens (including phenoxy) is 3. The number of benzene rings is 2. The summed E-state index contributed by atoms with van der Waals surface area (Å²) in [4.78, 5) is 10.7.